The Kier molecular flexibility index (Phi) is 6.47. The van der Waals surface area contributed by atoms with Crippen molar-refractivity contribution in [2.24, 2.45) is 0 Å². The average molecular weight is 367 g/mol. The van der Waals surface area contributed by atoms with Crippen LogP contribution < -0.4 is 10.6 Å². The molecule has 132 valence electrons. The van der Waals surface area contributed by atoms with E-state index in [-0.39, 0.29) is 30.3 Å². The Morgan fingerprint density at radius 1 is 1.16 bits per heavy atom. The average Bonchev–Trinajstić information content (AvgIpc) is 2.54. The first-order valence-corrected chi connectivity index (χ1v) is 8.03. The maximum absolute atomic E-state index is 13.7. The lowest BCUT2D eigenvalue weighted by molar-refractivity contribution is -0.121. The maximum Gasteiger partial charge on any atom is 0.252 e. The van der Waals surface area contributed by atoms with Crippen LogP contribution in [0.2, 0.25) is 5.02 Å². The standard InChI is InChI=1S/C18H17ClF2N2O2/c1-11(13-7-6-12(20)10-16(13)21)23-17(24)8-9-22-18(25)14-4-2-3-5-15(14)19/h2-7,10-11H,8-9H2,1H3,(H,22,25)(H,23,24)/t11-/m1/s1. The van der Waals surface area contributed by atoms with Gasteiger partial charge in [-0.05, 0) is 25.1 Å². The lowest BCUT2D eigenvalue weighted by Gasteiger charge is -2.15. The highest BCUT2D eigenvalue weighted by Crippen LogP contribution is 2.18. The first-order chi connectivity index (χ1) is 11.9. The molecule has 0 fully saturated rings. The number of benzene rings is 2. The van der Waals surface area contributed by atoms with Crippen LogP contribution in [0.3, 0.4) is 0 Å². The van der Waals surface area contributed by atoms with Crippen LogP contribution in [0.1, 0.15) is 35.3 Å². The molecular weight excluding hydrogens is 350 g/mol. The van der Waals surface area contributed by atoms with E-state index >= 15 is 0 Å². The third-order valence-corrected chi connectivity index (χ3v) is 3.89. The summed E-state index contributed by atoms with van der Waals surface area (Å²) in [7, 11) is 0. The number of carbonyl (C=O) groups is 2. The zero-order chi connectivity index (χ0) is 18.4. The summed E-state index contributed by atoms with van der Waals surface area (Å²) >= 11 is 5.92. The number of rotatable bonds is 6. The molecule has 2 aromatic rings. The smallest absolute Gasteiger partial charge is 0.252 e. The summed E-state index contributed by atoms with van der Waals surface area (Å²) in [6.07, 6.45) is 0.0172. The Bertz CT molecular complexity index is 783. The van der Waals surface area contributed by atoms with Gasteiger partial charge >= 0.3 is 0 Å². The lowest BCUT2D eigenvalue weighted by atomic mass is 10.1. The number of carbonyl (C=O) groups excluding carboxylic acids is 2. The Morgan fingerprint density at radius 3 is 2.56 bits per heavy atom. The van der Waals surface area contributed by atoms with Gasteiger partial charge in [-0.3, -0.25) is 9.59 Å². The van der Waals surface area contributed by atoms with E-state index in [2.05, 4.69) is 10.6 Å². The van der Waals surface area contributed by atoms with Crippen molar-refractivity contribution < 1.29 is 18.4 Å². The second-order valence-corrected chi connectivity index (χ2v) is 5.85. The van der Waals surface area contributed by atoms with Crippen molar-refractivity contribution in [3.8, 4) is 0 Å². The molecule has 0 heterocycles. The van der Waals surface area contributed by atoms with Gasteiger partial charge in [0, 0.05) is 24.6 Å². The van der Waals surface area contributed by atoms with Crippen LogP contribution in [0.15, 0.2) is 42.5 Å². The summed E-state index contributed by atoms with van der Waals surface area (Å²) in [6.45, 7) is 1.70. The van der Waals surface area contributed by atoms with Gasteiger partial charge in [-0.15, -0.1) is 0 Å². The van der Waals surface area contributed by atoms with Crippen LogP contribution >= 0.6 is 11.6 Å². The number of halogens is 3. The molecule has 2 amide bonds. The molecule has 2 rings (SSSR count). The van der Waals surface area contributed by atoms with Gasteiger partial charge in [-0.1, -0.05) is 29.8 Å². The fourth-order valence-corrected chi connectivity index (χ4v) is 2.50. The molecule has 7 heteroatoms. The molecule has 2 N–H and O–H groups in total. The Hall–Kier alpha value is -2.47. The second kappa shape index (κ2) is 8.58. The van der Waals surface area contributed by atoms with Crippen molar-refractivity contribution in [3.63, 3.8) is 0 Å². The second-order valence-electron chi connectivity index (χ2n) is 5.44. The third-order valence-electron chi connectivity index (χ3n) is 3.56. The normalized spacial score (nSPS) is 11.7. The quantitative estimate of drug-likeness (QED) is 0.820. The van der Waals surface area contributed by atoms with Gasteiger partial charge in [-0.2, -0.15) is 0 Å². The molecule has 1 atom stereocenters. The minimum Gasteiger partial charge on any atom is -0.351 e. The number of nitrogens with one attached hydrogen (secondary N) is 2. The van der Waals surface area contributed by atoms with Crippen LogP contribution in [0.4, 0.5) is 8.78 Å². The van der Waals surface area contributed by atoms with Crippen LogP contribution in [0, 0.1) is 11.6 Å². The molecule has 0 aromatic heterocycles. The maximum atomic E-state index is 13.7. The fraction of sp³-hybridized carbons (Fsp3) is 0.222. The van der Waals surface area contributed by atoms with Gasteiger partial charge in [0.2, 0.25) is 5.91 Å². The van der Waals surface area contributed by atoms with Gasteiger partial charge in [0.25, 0.3) is 5.91 Å². The molecule has 0 bridgehead atoms. The van der Waals surface area contributed by atoms with E-state index < -0.39 is 17.7 Å². The van der Waals surface area contributed by atoms with Crippen LogP contribution in [-0.2, 0) is 4.79 Å². The Labute approximate surface area is 149 Å². The van der Waals surface area contributed by atoms with Gasteiger partial charge in [-0.25, -0.2) is 8.78 Å². The van der Waals surface area contributed by atoms with Gasteiger partial charge in [0.05, 0.1) is 16.6 Å². The molecule has 0 radical (unpaired) electrons. The van der Waals surface area contributed by atoms with E-state index in [0.717, 1.165) is 12.1 Å². The monoisotopic (exact) mass is 366 g/mol. The van der Waals surface area contributed by atoms with Gasteiger partial charge in [0.15, 0.2) is 0 Å². The topological polar surface area (TPSA) is 58.2 Å². The molecule has 0 unspecified atom stereocenters. The highest BCUT2D eigenvalue weighted by Gasteiger charge is 2.15. The van der Waals surface area contributed by atoms with E-state index in [1.807, 2.05) is 0 Å². The highest BCUT2D eigenvalue weighted by atomic mass is 35.5. The van der Waals surface area contributed by atoms with E-state index in [1.54, 1.807) is 31.2 Å². The van der Waals surface area contributed by atoms with Crippen LogP contribution in [0.25, 0.3) is 0 Å². The first-order valence-electron chi connectivity index (χ1n) is 7.65. The van der Waals surface area contributed by atoms with Crippen molar-refractivity contribution in [1.82, 2.24) is 10.6 Å². The SMILES string of the molecule is C[C@@H](NC(=O)CCNC(=O)c1ccccc1Cl)c1ccc(F)cc1F. The van der Waals surface area contributed by atoms with Crippen molar-refractivity contribution in [3.05, 3.63) is 70.2 Å². The van der Waals surface area contributed by atoms with Crippen molar-refractivity contribution in [2.75, 3.05) is 6.54 Å². The molecule has 0 saturated carbocycles. The predicted molar refractivity (Wildman–Crippen MR) is 91.3 cm³/mol. The molecular formula is C18H17ClF2N2O2. The third kappa shape index (κ3) is 5.26. The molecule has 4 nitrogen and oxygen atoms in total. The van der Waals surface area contributed by atoms with Gasteiger partial charge < -0.3 is 10.6 Å². The zero-order valence-electron chi connectivity index (χ0n) is 13.5. The molecule has 25 heavy (non-hydrogen) atoms. The van der Waals surface area contributed by atoms with Crippen molar-refractivity contribution in [1.29, 1.82) is 0 Å². The number of hydrogen-bond donors (Lipinski definition) is 2. The Balaban J connectivity index is 1.82. The molecule has 0 aliphatic heterocycles. The molecule has 0 aliphatic carbocycles. The lowest BCUT2D eigenvalue weighted by Crippen LogP contribution is -2.32. The van der Waals surface area contributed by atoms with E-state index in [1.165, 1.54) is 6.07 Å². The molecule has 0 aliphatic rings. The highest BCUT2D eigenvalue weighted by molar-refractivity contribution is 6.33. The molecule has 0 spiro atoms. The minimum absolute atomic E-state index is 0.0172. The largest absolute Gasteiger partial charge is 0.351 e. The first kappa shape index (κ1) is 18.9. The van der Waals surface area contributed by atoms with Crippen molar-refractivity contribution >= 4 is 23.4 Å². The summed E-state index contributed by atoms with van der Waals surface area (Å²) < 4.78 is 26.6. The summed E-state index contributed by atoms with van der Waals surface area (Å²) in [5, 5.41) is 5.52. The fourth-order valence-electron chi connectivity index (χ4n) is 2.27. The minimum atomic E-state index is -0.722. The predicted octanol–water partition coefficient (Wildman–Crippen LogP) is 3.62. The van der Waals surface area contributed by atoms with E-state index in [0.29, 0.717) is 10.6 Å². The summed E-state index contributed by atoms with van der Waals surface area (Å²) in [5.41, 5.74) is 0.515. The van der Waals surface area contributed by atoms with Crippen molar-refractivity contribution in [2.45, 2.75) is 19.4 Å². The summed E-state index contributed by atoms with van der Waals surface area (Å²) in [6, 6.07) is 9.14. The van der Waals surface area contributed by atoms with Crippen LogP contribution in [-0.4, -0.2) is 18.4 Å². The molecule has 0 saturated heterocycles. The molecule has 2 aromatic carbocycles. The van der Waals surface area contributed by atoms with E-state index in [9.17, 15) is 18.4 Å². The van der Waals surface area contributed by atoms with Gasteiger partial charge in [0.1, 0.15) is 11.6 Å². The zero-order valence-corrected chi connectivity index (χ0v) is 14.2. The number of amides is 2. The Morgan fingerprint density at radius 2 is 1.88 bits per heavy atom. The summed E-state index contributed by atoms with van der Waals surface area (Å²) in [4.78, 5) is 23.9. The summed E-state index contributed by atoms with van der Waals surface area (Å²) in [5.74, 6) is -2.14. The van der Waals surface area contributed by atoms with E-state index in [4.69, 9.17) is 11.6 Å². The number of hydrogen-bond acceptors (Lipinski definition) is 2. The van der Waals surface area contributed by atoms with Crippen LogP contribution in [0.5, 0.6) is 0 Å².